The Balaban J connectivity index is 1.79. The van der Waals surface area contributed by atoms with E-state index in [1.54, 1.807) is 6.07 Å². The fourth-order valence-electron chi connectivity index (χ4n) is 3.17. The van der Waals surface area contributed by atoms with E-state index >= 15 is 0 Å². The first-order chi connectivity index (χ1) is 10.5. The third-order valence-electron chi connectivity index (χ3n) is 4.29. The van der Waals surface area contributed by atoms with Crippen molar-refractivity contribution >= 4 is 21.6 Å². The molecule has 0 aromatic heterocycles. The van der Waals surface area contributed by atoms with Crippen molar-refractivity contribution in [1.29, 1.82) is 0 Å². The van der Waals surface area contributed by atoms with Crippen LogP contribution in [0.3, 0.4) is 0 Å². The Bertz CT molecular complexity index is 734. The number of ether oxygens (including phenoxy) is 2. The minimum atomic E-state index is -3.54. The van der Waals surface area contributed by atoms with Crippen molar-refractivity contribution in [2.75, 3.05) is 31.6 Å². The first-order valence-corrected chi connectivity index (χ1v) is 8.72. The molecule has 0 radical (unpaired) electrons. The van der Waals surface area contributed by atoms with Gasteiger partial charge in [0, 0.05) is 18.7 Å². The minimum Gasteiger partial charge on any atom is -0.336 e. The topological polar surface area (TPSA) is 84.9 Å². The number of rotatable bonds is 2. The van der Waals surface area contributed by atoms with Gasteiger partial charge < -0.3 is 14.8 Å². The fourth-order valence-corrected chi connectivity index (χ4v) is 4.71. The normalized spacial score (nSPS) is 23.9. The quantitative estimate of drug-likeness (QED) is 0.862. The Morgan fingerprint density at radius 2 is 1.82 bits per heavy atom. The van der Waals surface area contributed by atoms with Crippen LogP contribution < -0.4 is 5.32 Å². The Labute approximate surface area is 128 Å². The monoisotopic (exact) mass is 324 g/mol. The fraction of sp³-hybridized carbons (Fsp3) is 0.500. The highest BCUT2D eigenvalue weighted by atomic mass is 32.2. The van der Waals surface area contributed by atoms with Crippen LogP contribution in [-0.4, -0.2) is 44.9 Å². The molecule has 1 spiro atoms. The average molecular weight is 324 g/mol. The summed E-state index contributed by atoms with van der Waals surface area (Å²) in [5, 5.41) is 2.68. The number of fused-ring (bicyclic) bond motifs is 2. The highest BCUT2D eigenvalue weighted by Crippen LogP contribution is 2.43. The zero-order chi connectivity index (χ0) is 15.4. The highest BCUT2D eigenvalue weighted by molar-refractivity contribution is 7.89. The maximum Gasteiger partial charge on any atom is 0.289 e. The van der Waals surface area contributed by atoms with Crippen LogP contribution in [0.5, 0.6) is 0 Å². The second-order valence-electron chi connectivity index (χ2n) is 5.59. The van der Waals surface area contributed by atoms with Gasteiger partial charge in [0.25, 0.3) is 11.7 Å². The molecule has 118 valence electrons. The van der Waals surface area contributed by atoms with Gasteiger partial charge in [0.15, 0.2) is 0 Å². The van der Waals surface area contributed by atoms with Crippen molar-refractivity contribution in [3.05, 3.63) is 23.8 Å². The summed E-state index contributed by atoms with van der Waals surface area (Å²) >= 11 is 0. The zero-order valence-corrected chi connectivity index (χ0v) is 12.7. The molecule has 3 aliphatic rings. The number of nitrogens with zero attached hydrogens (tertiary/aromatic N) is 1. The summed E-state index contributed by atoms with van der Waals surface area (Å²) in [6.07, 6.45) is 1.75. The summed E-state index contributed by atoms with van der Waals surface area (Å²) in [6, 6.07) is 4.60. The van der Waals surface area contributed by atoms with E-state index < -0.39 is 21.7 Å². The lowest BCUT2D eigenvalue weighted by Gasteiger charge is -2.20. The van der Waals surface area contributed by atoms with Crippen LogP contribution in [0.4, 0.5) is 5.69 Å². The van der Waals surface area contributed by atoms with Gasteiger partial charge in [-0.15, -0.1) is 0 Å². The first-order valence-electron chi connectivity index (χ1n) is 7.28. The summed E-state index contributed by atoms with van der Waals surface area (Å²) in [7, 11) is -3.54. The summed E-state index contributed by atoms with van der Waals surface area (Å²) in [4.78, 5) is 12.3. The molecule has 0 aliphatic carbocycles. The van der Waals surface area contributed by atoms with Crippen LogP contribution in [0.15, 0.2) is 23.1 Å². The first kappa shape index (κ1) is 14.1. The van der Waals surface area contributed by atoms with Crippen LogP contribution in [-0.2, 0) is 30.1 Å². The molecule has 7 nitrogen and oxygen atoms in total. The molecular formula is C14H16N2O5S. The molecule has 8 heteroatoms. The van der Waals surface area contributed by atoms with E-state index in [4.69, 9.17) is 9.47 Å². The number of carbonyl (C=O) groups excluding carboxylic acids is 1. The number of sulfonamides is 1. The van der Waals surface area contributed by atoms with E-state index in [0.29, 0.717) is 37.6 Å². The van der Waals surface area contributed by atoms with Gasteiger partial charge in [0.1, 0.15) is 0 Å². The van der Waals surface area contributed by atoms with Gasteiger partial charge in [-0.1, -0.05) is 0 Å². The van der Waals surface area contributed by atoms with Crippen molar-refractivity contribution in [2.45, 2.75) is 23.5 Å². The molecule has 4 rings (SSSR count). The van der Waals surface area contributed by atoms with E-state index in [-0.39, 0.29) is 4.90 Å². The van der Waals surface area contributed by atoms with E-state index in [2.05, 4.69) is 5.32 Å². The number of hydrogen-bond donors (Lipinski definition) is 1. The highest BCUT2D eigenvalue weighted by Gasteiger charge is 2.52. The number of nitrogens with one attached hydrogen (secondary N) is 1. The van der Waals surface area contributed by atoms with Crippen molar-refractivity contribution in [1.82, 2.24) is 4.31 Å². The lowest BCUT2D eigenvalue weighted by Crippen LogP contribution is -2.35. The molecule has 1 aromatic carbocycles. The van der Waals surface area contributed by atoms with Crippen LogP contribution in [0.25, 0.3) is 0 Å². The summed E-state index contributed by atoms with van der Waals surface area (Å²) in [6.45, 7) is 1.68. The smallest absolute Gasteiger partial charge is 0.289 e. The molecule has 0 atom stereocenters. The van der Waals surface area contributed by atoms with Crippen LogP contribution in [0.1, 0.15) is 18.4 Å². The van der Waals surface area contributed by atoms with Gasteiger partial charge >= 0.3 is 0 Å². The second kappa shape index (κ2) is 4.76. The molecule has 0 bridgehead atoms. The van der Waals surface area contributed by atoms with Gasteiger partial charge in [0.2, 0.25) is 10.0 Å². The van der Waals surface area contributed by atoms with Gasteiger partial charge in [0.05, 0.1) is 23.8 Å². The van der Waals surface area contributed by atoms with E-state index in [1.807, 2.05) is 0 Å². The molecule has 0 unspecified atom stereocenters. The zero-order valence-electron chi connectivity index (χ0n) is 11.9. The van der Waals surface area contributed by atoms with Crippen LogP contribution in [0.2, 0.25) is 0 Å². The van der Waals surface area contributed by atoms with Crippen molar-refractivity contribution in [2.24, 2.45) is 0 Å². The molecule has 2 fully saturated rings. The van der Waals surface area contributed by atoms with E-state index in [0.717, 1.165) is 12.8 Å². The second-order valence-corrected chi connectivity index (χ2v) is 7.52. The number of benzene rings is 1. The third-order valence-corrected chi connectivity index (χ3v) is 6.18. The Hall–Kier alpha value is -1.48. The number of amides is 1. The summed E-state index contributed by atoms with van der Waals surface area (Å²) in [5.41, 5.74) is 0.975. The standard InChI is InChI=1S/C14H16N2O5S/c17-13-14(20-7-8-21-14)11-9-10(3-4-12(11)15-13)22(18,19)16-5-1-2-6-16/h3-4,9H,1-2,5-8H2,(H,15,17). The SMILES string of the molecule is O=C1Nc2ccc(S(=O)(=O)N3CCCC3)cc2C12OCCO2. The van der Waals surface area contributed by atoms with Crippen molar-refractivity contribution < 1.29 is 22.7 Å². The van der Waals surface area contributed by atoms with E-state index in [1.165, 1.54) is 16.4 Å². The Morgan fingerprint density at radius 3 is 2.50 bits per heavy atom. The molecule has 1 N–H and O–H groups in total. The molecule has 3 heterocycles. The van der Waals surface area contributed by atoms with Crippen LogP contribution in [0, 0.1) is 0 Å². The lowest BCUT2D eigenvalue weighted by atomic mass is 10.1. The maximum absolute atomic E-state index is 12.7. The molecule has 3 aliphatic heterocycles. The van der Waals surface area contributed by atoms with Gasteiger partial charge in [-0.2, -0.15) is 4.31 Å². The van der Waals surface area contributed by atoms with Gasteiger partial charge in [-0.25, -0.2) is 8.42 Å². The largest absolute Gasteiger partial charge is 0.336 e. The van der Waals surface area contributed by atoms with Gasteiger partial charge in [-0.3, -0.25) is 4.79 Å². The van der Waals surface area contributed by atoms with E-state index in [9.17, 15) is 13.2 Å². The van der Waals surface area contributed by atoms with Crippen LogP contribution >= 0.6 is 0 Å². The molecule has 1 aromatic rings. The number of carbonyl (C=O) groups is 1. The third kappa shape index (κ3) is 1.84. The molecular weight excluding hydrogens is 308 g/mol. The molecule has 0 saturated carbocycles. The molecule has 2 saturated heterocycles. The lowest BCUT2D eigenvalue weighted by molar-refractivity contribution is -0.178. The minimum absolute atomic E-state index is 0.170. The van der Waals surface area contributed by atoms with Crippen molar-refractivity contribution in [3.8, 4) is 0 Å². The predicted molar refractivity (Wildman–Crippen MR) is 76.6 cm³/mol. The summed E-state index contributed by atoms with van der Waals surface area (Å²) in [5.74, 6) is -1.90. The predicted octanol–water partition coefficient (Wildman–Crippen LogP) is 0.623. The number of anilines is 1. The maximum atomic E-state index is 12.7. The average Bonchev–Trinajstić information content (AvgIpc) is 3.23. The molecule has 22 heavy (non-hydrogen) atoms. The Kier molecular flexibility index (Phi) is 3.06. The van der Waals surface area contributed by atoms with Crippen molar-refractivity contribution in [3.63, 3.8) is 0 Å². The Morgan fingerprint density at radius 1 is 1.14 bits per heavy atom. The molecule has 1 amide bonds. The van der Waals surface area contributed by atoms with Gasteiger partial charge in [-0.05, 0) is 31.0 Å². The number of hydrogen-bond acceptors (Lipinski definition) is 5. The summed E-state index contributed by atoms with van der Waals surface area (Å²) < 4.78 is 37.8.